The van der Waals surface area contributed by atoms with Crippen LogP contribution in [0.1, 0.15) is 17.2 Å². The van der Waals surface area contributed by atoms with Gasteiger partial charge in [0.05, 0.1) is 53.9 Å². The average molecular weight is 512 g/mol. The van der Waals surface area contributed by atoms with Crippen molar-refractivity contribution in [3.05, 3.63) is 71.8 Å². The number of nitrogens with zero attached hydrogens (tertiary/aromatic N) is 1. The molecule has 3 rings (SSSR count). The number of hydrogen-bond acceptors (Lipinski definition) is 8. The van der Waals surface area contributed by atoms with Gasteiger partial charge < -0.3 is 33.2 Å². The van der Waals surface area contributed by atoms with Gasteiger partial charge in [0, 0.05) is 19.2 Å². The molecule has 0 fully saturated rings. The van der Waals surface area contributed by atoms with E-state index in [0.717, 1.165) is 11.1 Å². The Bertz CT molecular complexity index is 1140. The fourth-order valence-corrected chi connectivity index (χ4v) is 3.94. The summed E-state index contributed by atoms with van der Waals surface area (Å²) in [5.41, 5.74) is 2.22. The van der Waals surface area contributed by atoms with Gasteiger partial charge in [0.2, 0.25) is 5.75 Å². The Hall–Kier alpha value is -4.11. The molecule has 3 aromatic rings. The molecular weight excluding hydrogens is 478 g/mol. The van der Waals surface area contributed by atoms with Crippen LogP contribution in [0, 0.1) is 0 Å². The molecule has 9 heteroatoms. The minimum absolute atomic E-state index is 0.163. The maximum Gasteiger partial charge on any atom is 0.414 e. The highest BCUT2D eigenvalue weighted by molar-refractivity contribution is 5.90. The summed E-state index contributed by atoms with van der Waals surface area (Å²) in [7, 11) is 8.99. The molecule has 0 aromatic heterocycles. The molecule has 0 aliphatic heterocycles. The topological polar surface area (TPSA) is 84.9 Å². The van der Waals surface area contributed by atoms with Crippen LogP contribution < -0.4 is 28.6 Å². The number of carbonyl (C=O) groups excluding carboxylic acids is 1. The molecule has 0 unspecified atom stereocenters. The summed E-state index contributed by atoms with van der Waals surface area (Å²) in [5.74, 6) is 2.28. The van der Waals surface area contributed by atoms with E-state index in [1.165, 1.54) is 33.3 Å². The summed E-state index contributed by atoms with van der Waals surface area (Å²) in [6, 6.07) is 18.1. The molecular formula is C28H33NO8. The van der Waals surface area contributed by atoms with E-state index in [0.29, 0.717) is 41.0 Å². The summed E-state index contributed by atoms with van der Waals surface area (Å²) in [4.78, 5) is 14.6. The van der Waals surface area contributed by atoms with Crippen molar-refractivity contribution < 1.29 is 38.0 Å². The van der Waals surface area contributed by atoms with Crippen LogP contribution in [0.2, 0.25) is 0 Å². The second-order valence-electron chi connectivity index (χ2n) is 7.88. The van der Waals surface area contributed by atoms with Crippen molar-refractivity contribution in [2.75, 3.05) is 54.2 Å². The number of hydrogen-bond donors (Lipinski definition) is 0. The van der Waals surface area contributed by atoms with Crippen LogP contribution in [0.25, 0.3) is 0 Å². The lowest BCUT2D eigenvalue weighted by Gasteiger charge is -2.31. The Balaban J connectivity index is 2.08. The predicted octanol–water partition coefficient (Wildman–Crippen LogP) is 5.26. The SMILES string of the molecule is COC[C@H](c1ccc(OC)c(OCc2ccccc2)c1)N(C(=O)OC)c1cc(OC)c(OC)c(OC)c1. The van der Waals surface area contributed by atoms with Crippen LogP contribution in [-0.4, -0.2) is 55.4 Å². The van der Waals surface area contributed by atoms with Crippen molar-refractivity contribution in [1.29, 1.82) is 0 Å². The first-order valence-corrected chi connectivity index (χ1v) is 11.5. The molecule has 0 saturated heterocycles. The van der Waals surface area contributed by atoms with Gasteiger partial charge in [-0.25, -0.2) is 4.79 Å². The van der Waals surface area contributed by atoms with Crippen molar-refractivity contribution in [1.82, 2.24) is 0 Å². The minimum Gasteiger partial charge on any atom is -0.493 e. The third kappa shape index (κ3) is 6.37. The van der Waals surface area contributed by atoms with Crippen LogP contribution in [-0.2, 0) is 16.1 Å². The number of methoxy groups -OCH3 is 6. The van der Waals surface area contributed by atoms with Gasteiger partial charge in [0.1, 0.15) is 6.61 Å². The Morgan fingerprint density at radius 3 is 1.95 bits per heavy atom. The van der Waals surface area contributed by atoms with Crippen LogP contribution in [0.3, 0.4) is 0 Å². The standard InChI is InChI=1S/C28H33NO8/c1-31-18-22(20-12-13-23(32-2)24(14-20)37-17-19-10-8-7-9-11-19)29(28(30)36-6)21-15-25(33-3)27(35-5)26(16-21)34-4/h7-16,22H,17-18H2,1-6H3/t22-/m1/s1. The van der Waals surface area contributed by atoms with Crippen molar-refractivity contribution in [3.63, 3.8) is 0 Å². The summed E-state index contributed by atoms with van der Waals surface area (Å²) < 4.78 is 38.8. The molecule has 0 spiro atoms. The highest BCUT2D eigenvalue weighted by Crippen LogP contribution is 2.43. The van der Waals surface area contributed by atoms with Crippen LogP contribution in [0.5, 0.6) is 28.7 Å². The quantitative estimate of drug-likeness (QED) is 0.326. The number of carbonyl (C=O) groups is 1. The van der Waals surface area contributed by atoms with Crippen molar-refractivity contribution in [2.24, 2.45) is 0 Å². The van der Waals surface area contributed by atoms with Gasteiger partial charge in [0.15, 0.2) is 23.0 Å². The molecule has 37 heavy (non-hydrogen) atoms. The summed E-state index contributed by atoms with van der Waals surface area (Å²) in [6.07, 6.45) is -0.598. The van der Waals surface area contributed by atoms with Crippen LogP contribution in [0.15, 0.2) is 60.7 Å². The van der Waals surface area contributed by atoms with E-state index < -0.39 is 12.1 Å². The van der Waals surface area contributed by atoms with E-state index in [9.17, 15) is 4.79 Å². The lowest BCUT2D eigenvalue weighted by molar-refractivity contribution is 0.154. The lowest BCUT2D eigenvalue weighted by atomic mass is 10.0. The van der Waals surface area contributed by atoms with E-state index in [4.69, 9.17) is 33.2 Å². The number of anilines is 1. The molecule has 0 heterocycles. The summed E-state index contributed by atoms with van der Waals surface area (Å²) >= 11 is 0. The lowest BCUT2D eigenvalue weighted by Crippen LogP contribution is -2.37. The zero-order chi connectivity index (χ0) is 26.8. The zero-order valence-corrected chi connectivity index (χ0v) is 22.0. The largest absolute Gasteiger partial charge is 0.493 e. The Kier molecular flexibility index (Phi) is 9.85. The van der Waals surface area contributed by atoms with E-state index >= 15 is 0 Å². The zero-order valence-electron chi connectivity index (χ0n) is 22.0. The third-order valence-electron chi connectivity index (χ3n) is 5.74. The molecule has 3 aromatic carbocycles. The molecule has 1 atom stereocenters. The first-order chi connectivity index (χ1) is 18.0. The van der Waals surface area contributed by atoms with Gasteiger partial charge in [-0.3, -0.25) is 4.90 Å². The first kappa shape index (κ1) is 27.5. The predicted molar refractivity (Wildman–Crippen MR) is 139 cm³/mol. The van der Waals surface area contributed by atoms with E-state index in [-0.39, 0.29) is 6.61 Å². The van der Waals surface area contributed by atoms with Gasteiger partial charge in [-0.05, 0) is 23.3 Å². The number of amides is 1. The molecule has 0 aliphatic rings. The minimum atomic E-state index is -0.598. The smallest absolute Gasteiger partial charge is 0.414 e. The van der Waals surface area contributed by atoms with E-state index in [2.05, 4.69) is 0 Å². The van der Waals surface area contributed by atoms with Gasteiger partial charge in [-0.15, -0.1) is 0 Å². The van der Waals surface area contributed by atoms with Gasteiger partial charge in [0.25, 0.3) is 0 Å². The van der Waals surface area contributed by atoms with E-state index in [1.807, 2.05) is 42.5 Å². The molecule has 0 saturated carbocycles. The van der Waals surface area contributed by atoms with Crippen LogP contribution >= 0.6 is 0 Å². The normalized spacial score (nSPS) is 11.3. The van der Waals surface area contributed by atoms with Crippen molar-refractivity contribution >= 4 is 11.8 Å². The molecule has 198 valence electrons. The molecule has 9 nitrogen and oxygen atoms in total. The van der Waals surface area contributed by atoms with Crippen LogP contribution in [0.4, 0.5) is 10.5 Å². The van der Waals surface area contributed by atoms with Gasteiger partial charge >= 0.3 is 6.09 Å². The Labute approximate surface area is 217 Å². The van der Waals surface area contributed by atoms with Crippen molar-refractivity contribution in [2.45, 2.75) is 12.6 Å². The average Bonchev–Trinajstić information content (AvgIpc) is 2.95. The van der Waals surface area contributed by atoms with Gasteiger partial charge in [-0.2, -0.15) is 0 Å². The summed E-state index contributed by atoms with van der Waals surface area (Å²) in [5, 5.41) is 0. The number of rotatable bonds is 12. The van der Waals surface area contributed by atoms with Gasteiger partial charge in [-0.1, -0.05) is 36.4 Å². The second kappa shape index (κ2) is 13.3. The fraction of sp³-hybridized carbons (Fsp3) is 0.321. The summed E-state index contributed by atoms with van der Waals surface area (Å²) in [6.45, 7) is 0.513. The monoisotopic (exact) mass is 511 g/mol. The molecule has 0 aliphatic carbocycles. The van der Waals surface area contributed by atoms with E-state index in [1.54, 1.807) is 32.4 Å². The second-order valence-corrected chi connectivity index (χ2v) is 7.88. The molecule has 0 radical (unpaired) electrons. The molecule has 1 amide bonds. The Morgan fingerprint density at radius 2 is 1.41 bits per heavy atom. The maximum atomic E-state index is 13.2. The third-order valence-corrected chi connectivity index (χ3v) is 5.74. The fourth-order valence-electron chi connectivity index (χ4n) is 3.94. The Morgan fingerprint density at radius 1 is 0.757 bits per heavy atom. The maximum absolute atomic E-state index is 13.2. The first-order valence-electron chi connectivity index (χ1n) is 11.5. The highest BCUT2D eigenvalue weighted by atomic mass is 16.5. The van der Waals surface area contributed by atoms with Crippen molar-refractivity contribution in [3.8, 4) is 28.7 Å². The number of ether oxygens (including phenoxy) is 7. The highest BCUT2D eigenvalue weighted by Gasteiger charge is 2.31. The molecule has 0 bridgehead atoms. The molecule has 0 N–H and O–H groups in total. The number of benzene rings is 3.